The normalized spacial score (nSPS) is 49.6. The Balaban J connectivity index is 1.87. The van der Waals surface area contributed by atoms with Gasteiger partial charge in [0.05, 0.1) is 10.4 Å². The Bertz CT molecular complexity index is 939. The lowest BCUT2D eigenvalue weighted by Gasteiger charge is -2.65. The molecule has 0 aromatic heterocycles. The van der Waals surface area contributed by atoms with E-state index in [2.05, 4.69) is 29.8 Å². The van der Waals surface area contributed by atoms with Crippen LogP contribution in [0.1, 0.15) is 67.2 Å². The predicted octanol–water partition coefficient (Wildman–Crippen LogP) is 4.56. The number of Topliss-reactive ketones (excluding diaryl/α,β-unsaturated/α-hetero) is 1. The molecule has 0 aromatic rings. The lowest BCUT2D eigenvalue weighted by Crippen LogP contribution is -2.69. The summed E-state index contributed by atoms with van der Waals surface area (Å²) < 4.78 is 5.38. The molecule has 0 radical (unpaired) electrons. The summed E-state index contributed by atoms with van der Waals surface area (Å²) in [4.78, 5) is 37.9. The summed E-state index contributed by atoms with van der Waals surface area (Å²) in [6, 6.07) is 0. The first-order chi connectivity index (χ1) is 14.8. The zero-order chi connectivity index (χ0) is 23.9. The molecule has 4 rings (SSSR count). The van der Waals surface area contributed by atoms with Crippen LogP contribution in [0.3, 0.4) is 0 Å². The molecule has 0 aliphatic heterocycles. The van der Waals surface area contributed by atoms with E-state index in [1.165, 1.54) is 6.92 Å². The Hall–Kier alpha value is -1.27. The number of esters is 1. The summed E-state index contributed by atoms with van der Waals surface area (Å²) in [5, 5.41) is 11.8. The maximum atomic E-state index is 13.2. The average molecular weight is 507 g/mol. The van der Waals surface area contributed by atoms with Crippen LogP contribution in [0.25, 0.3) is 0 Å². The maximum Gasteiger partial charge on any atom is 0.306 e. The van der Waals surface area contributed by atoms with Gasteiger partial charge in [-0.3, -0.25) is 14.4 Å². The SMILES string of the molecule is CCC(=O)O[C@]1(C(C)=O)[C@@H](C)C[C@H]2[C@@H]3C[C@H](C)C4=CC(=O)C=C[C@]4(C)[C@@]3(Br)[C@@H](O)C[C@@]21C. The molecule has 3 saturated carbocycles. The van der Waals surface area contributed by atoms with E-state index >= 15 is 0 Å². The molecule has 3 fully saturated rings. The highest BCUT2D eigenvalue weighted by atomic mass is 79.9. The molecule has 6 heteroatoms. The number of halogens is 1. The van der Waals surface area contributed by atoms with Crippen molar-refractivity contribution in [2.45, 2.75) is 83.3 Å². The van der Waals surface area contributed by atoms with Crippen LogP contribution in [0.15, 0.2) is 23.8 Å². The smallest absolute Gasteiger partial charge is 0.306 e. The minimum Gasteiger partial charge on any atom is -0.450 e. The quantitative estimate of drug-likeness (QED) is 0.448. The van der Waals surface area contributed by atoms with Gasteiger partial charge in [0.2, 0.25) is 0 Å². The average Bonchev–Trinajstić information content (AvgIpc) is 2.93. The minimum atomic E-state index is -1.24. The largest absolute Gasteiger partial charge is 0.450 e. The van der Waals surface area contributed by atoms with Crippen LogP contribution in [-0.4, -0.2) is 38.7 Å². The molecule has 4 aliphatic carbocycles. The summed E-state index contributed by atoms with van der Waals surface area (Å²) in [5.74, 6) is -0.357. The van der Waals surface area contributed by atoms with E-state index in [0.29, 0.717) is 6.42 Å². The number of allylic oxidation sites excluding steroid dienone is 4. The highest BCUT2D eigenvalue weighted by molar-refractivity contribution is 9.10. The third-order valence-electron chi connectivity index (χ3n) is 9.60. The molecule has 176 valence electrons. The summed E-state index contributed by atoms with van der Waals surface area (Å²) in [7, 11) is 0. The topological polar surface area (TPSA) is 80.7 Å². The van der Waals surface area contributed by atoms with Gasteiger partial charge >= 0.3 is 5.97 Å². The molecule has 0 heterocycles. The second-order valence-electron chi connectivity index (χ2n) is 11.0. The van der Waals surface area contributed by atoms with Gasteiger partial charge in [-0.25, -0.2) is 0 Å². The lowest BCUT2D eigenvalue weighted by atomic mass is 9.44. The molecule has 0 bridgehead atoms. The predicted molar refractivity (Wildman–Crippen MR) is 125 cm³/mol. The van der Waals surface area contributed by atoms with E-state index in [1.807, 2.05) is 19.9 Å². The third-order valence-corrected chi connectivity index (χ3v) is 11.5. The molecule has 0 unspecified atom stereocenters. The van der Waals surface area contributed by atoms with Gasteiger partial charge in [-0.1, -0.05) is 62.2 Å². The van der Waals surface area contributed by atoms with Gasteiger partial charge in [-0.2, -0.15) is 0 Å². The number of ether oxygens (including phenoxy) is 1. The van der Waals surface area contributed by atoms with Crippen LogP contribution >= 0.6 is 15.9 Å². The molecule has 5 nitrogen and oxygen atoms in total. The summed E-state index contributed by atoms with van der Waals surface area (Å²) in [6.45, 7) is 11.6. The van der Waals surface area contributed by atoms with Gasteiger partial charge in [0.1, 0.15) is 0 Å². The van der Waals surface area contributed by atoms with Crippen LogP contribution in [-0.2, 0) is 19.1 Å². The Morgan fingerprint density at radius 3 is 2.47 bits per heavy atom. The first-order valence-electron chi connectivity index (χ1n) is 11.8. The summed E-state index contributed by atoms with van der Waals surface area (Å²) in [6.07, 6.45) is 6.64. The van der Waals surface area contributed by atoms with Crippen molar-refractivity contribution in [1.82, 2.24) is 0 Å². The van der Waals surface area contributed by atoms with Gasteiger partial charge in [-0.15, -0.1) is 0 Å². The standard InChI is InChI=1S/C26H35BrO5/c1-7-22(31)32-26(16(4)28)15(3)11-19-20-10-14(2)18-12-17(29)8-9-23(18,5)25(20,27)21(30)13-24(19,26)6/h8-9,12,14-15,19-21,30H,7,10-11,13H2,1-6H3/t14-,15-,19-,20-,21-,23-,24-,25-,26-/m0/s1. The number of fused-ring (bicyclic) bond motifs is 5. The van der Waals surface area contributed by atoms with E-state index in [0.717, 1.165) is 18.4 Å². The number of rotatable bonds is 3. The zero-order valence-electron chi connectivity index (χ0n) is 19.9. The Labute approximate surface area is 199 Å². The van der Waals surface area contributed by atoms with Crippen molar-refractivity contribution >= 4 is 33.5 Å². The van der Waals surface area contributed by atoms with Crippen molar-refractivity contribution in [2.24, 2.45) is 34.5 Å². The fourth-order valence-corrected chi connectivity index (χ4v) is 9.24. The van der Waals surface area contributed by atoms with Crippen molar-refractivity contribution in [2.75, 3.05) is 0 Å². The molecule has 9 atom stereocenters. The van der Waals surface area contributed by atoms with Crippen molar-refractivity contribution in [3.8, 4) is 0 Å². The number of hydrogen-bond acceptors (Lipinski definition) is 5. The number of carbonyl (C=O) groups is 3. The highest BCUT2D eigenvalue weighted by Gasteiger charge is 2.76. The van der Waals surface area contributed by atoms with E-state index in [4.69, 9.17) is 4.74 Å². The number of carbonyl (C=O) groups excluding carboxylic acids is 3. The van der Waals surface area contributed by atoms with Crippen molar-refractivity contribution in [1.29, 1.82) is 0 Å². The second kappa shape index (κ2) is 7.36. The van der Waals surface area contributed by atoms with E-state index in [-0.39, 0.29) is 47.6 Å². The molecule has 0 amide bonds. The summed E-state index contributed by atoms with van der Waals surface area (Å²) >= 11 is 4.06. The number of aliphatic hydroxyl groups is 1. The van der Waals surface area contributed by atoms with Crippen LogP contribution in [0, 0.1) is 34.5 Å². The Morgan fingerprint density at radius 1 is 1.22 bits per heavy atom. The highest BCUT2D eigenvalue weighted by Crippen LogP contribution is 2.73. The van der Waals surface area contributed by atoms with Gasteiger partial charge < -0.3 is 9.84 Å². The molecule has 4 aliphatic rings. The molecule has 0 aromatic carbocycles. The van der Waals surface area contributed by atoms with Gasteiger partial charge in [-0.05, 0) is 56.1 Å². The molecule has 0 spiro atoms. The van der Waals surface area contributed by atoms with Crippen molar-refractivity contribution in [3.63, 3.8) is 0 Å². The van der Waals surface area contributed by atoms with Crippen molar-refractivity contribution in [3.05, 3.63) is 23.8 Å². The van der Waals surface area contributed by atoms with Gasteiger partial charge in [0.15, 0.2) is 17.2 Å². The number of alkyl halides is 1. The molecule has 1 N–H and O–H groups in total. The first kappa shape index (κ1) is 23.9. The number of aliphatic hydroxyl groups excluding tert-OH is 1. The Kier molecular flexibility index (Phi) is 5.49. The molecular weight excluding hydrogens is 472 g/mol. The van der Waals surface area contributed by atoms with E-state index in [9.17, 15) is 19.5 Å². The summed E-state index contributed by atoms with van der Waals surface area (Å²) in [5.41, 5.74) is -1.37. The monoisotopic (exact) mass is 506 g/mol. The number of hydrogen-bond donors (Lipinski definition) is 1. The lowest BCUT2D eigenvalue weighted by molar-refractivity contribution is -0.200. The maximum absolute atomic E-state index is 13.2. The molecular formula is C26H35BrO5. The van der Waals surface area contributed by atoms with Crippen LogP contribution in [0.4, 0.5) is 0 Å². The zero-order valence-corrected chi connectivity index (χ0v) is 21.5. The molecule has 0 saturated heterocycles. The van der Waals surface area contributed by atoms with Gasteiger partial charge in [0, 0.05) is 23.2 Å². The number of ketones is 2. The fourth-order valence-electron chi connectivity index (χ4n) is 8.21. The van der Waals surface area contributed by atoms with Crippen LogP contribution < -0.4 is 0 Å². The minimum absolute atomic E-state index is 0.00873. The third kappa shape index (κ3) is 2.68. The molecule has 32 heavy (non-hydrogen) atoms. The van der Waals surface area contributed by atoms with E-state index in [1.54, 1.807) is 19.1 Å². The first-order valence-corrected chi connectivity index (χ1v) is 12.6. The van der Waals surface area contributed by atoms with Crippen LogP contribution in [0.5, 0.6) is 0 Å². The fraction of sp³-hybridized carbons (Fsp3) is 0.731. The second-order valence-corrected chi connectivity index (χ2v) is 12.4. The Morgan fingerprint density at radius 2 is 1.88 bits per heavy atom. The van der Waals surface area contributed by atoms with Crippen molar-refractivity contribution < 1.29 is 24.2 Å². The van der Waals surface area contributed by atoms with E-state index < -0.39 is 26.9 Å². The van der Waals surface area contributed by atoms with Gasteiger partial charge in [0.25, 0.3) is 0 Å². The van der Waals surface area contributed by atoms with Crippen LogP contribution in [0.2, 0.25) is 0 Å².